The van der Waals surface area contributed by atoms with Gasteiger partial charge in [0.1, 0.15) is 0 Å². The van der Waals surface area contributed by atoms with Crippen LogP contribution in [0.3, 0.4) is 0 Å². The van der Waals surface area contributed by atoms with Crippen molar-refractivity contribution in [2.45, 2.75) is 24.5 Å². The lowest BCUT2D eigenvalue weighted by molar-refractivity contribution is 0.167. The van der Waals surface area contributed by atoms with Crippen LogP contribution in [0.4, 0.5) is 0 Å². The van der Waals surface area contributed by atoms with E-state index in [2.05, 4.69) is 12.6 Å². The van der Waals surface area contributed by atoms with Gasteiger partial charge in [0.25, 0.3) is 0 Å². The summed E-state index contributed by atoms with van der Waals surface area (Å²) in [7, 11) is 0. The zero-order valence-corrected chi connectivity index (χ0v) is 6.56. The molecular weight excluding hydrogens is 136 g/mol. The molecule has 0 aliphatic rings. The molecular formula is C6H14O2S. The summed E-state index contributed by atoms with van der Waals surface area (Å²) < 4.78 is -0.561. The predicted molar refractivity (Wildman–Crippen MR) is 40.8 cm³/mol. The first kappa shape index (κ1) is 9.27. The van der Waals surface area contributed by atoms with Crippen LogP contribution in [0.25, 0.3) is 0 Å². The van der Waals surface area contributed by atoms with Crippen LogP contribution in [0.5, 0.6) is 0 Å². The first-order valence-corrected chi connectivity index (χ1v) is 3.57. The topological polar surface area (TPSA) is 40.5 Å². The maximum absolute atomic E-state index is 8.68. The Morgan fingerprint density at radius 2 is 1.78 bits per heavy atom. The minimum atomic E-state index is -0.561. The number of hydrogen-bond donors (Lipinski definition) is 3. The second kappa shape index (κ2) is 4.14. The molecule has 0 bridgehead atoms. The van der Waals surface area contributed by atoms with Crippen molar-refractivity contribution < 1.29 is 10.2 Å². The van der Waals surface area contributed by atoms with E-state index in [1.54, 1.807) is 0 Å². The van der Waals surface area contributed by atoms with Crippen molar-refractivity contribution in [2.24, 2.45) is 0 Å². The first-order valence-electron chi connectivity index (χ1n) is 3.12. The van der Waals surface area contributed by atoms with E-state index in [-0.39, 0.29) is 13.2 Å². The Labute approximate surface area is 61.3 Å². The maximum atomic E-state index is 8.68. The lowest BCUT2D eigenvalue weighted by Crippen LogP contribution is -2.30. The lowest BCUT2D eigenvalue weighted by Gasteiger charge is -2.21. The molecule has 0 aromatic rings. The highest BCUT2D eigenvalue weighted by atomic mass is 32.1. The molecule has 0 unspecified atom stereocenters. The molecule has 3 heteroatoms. The number of rotatable bonds is 4. The molecule has 0 aromatic carbocycles. The van der Waals surface area contributed by atoms with Gasteiger partial charge < -0.3 is 10.2 Å². The first-order chi connectivity index (χ1) is 4.18. The number of thiol groups is 1. The Hall–Kier alpha value is 0.270. The van der Waals surface area contributed by atoms with Gasteiger partial charge in [-0.1, -0.05) is 13.3 Å². The van der Waals surface area contributed by atoms with E-state index in [1.165, 1.54) is 0 Å². The van der Waals surface area contributed by atoms with E-state index in [1.807, 2.05) is 6.92 Å². The molecule has 0 atom stereocenters. The van der Waals surface area contributed by atoms with Crippen molar-refractivity contribution in [2.75, 3.05) is 13.2 Å². The molecule has 0 rings (SSSR count). The van der Waals surface area contributed by atoms with E-state index in [0.717, 1.165) is 12.8 Å². The number of aliphatic hydroxyl groups excluding tert-OH is 2. The van der Waals surface area contributed by atoms with Crippen LogP contribution in [0.1, 0.15) is 19.8 Å². The van der Waals surface area contributed by atoms with Crippen LogP contribution in [0.2, 0.25) is 0 Å². The Morgan fingerprint density at radius 3 is 1.89 bits per heavy atom. The van der Waals surface area contributed by atoms with E-state index >= 15 is 0 Å². The second-order valence-corrected chi connectivity index (χ2v) is 3.24. The molecule has 2 nitrogen and oxygen atoms in total. The smallest absolute Gasteiger partial charge is 0.0598 e. The third-order valence-corrected chi connectivity index (χ3v) is 1.81. The fourth-order valence-electron chi connectivity index (χ4n) is 0.673. The minimum Gasteiger partial charge on any atom is -0.395 e. The van der Waals surface area contributed by atoms with Gasteiger partial charge in [-0.15, -0.1) is 0 Å². The summed E-state index contributed by atoms with van der Waals surface area (Å²) in [4.78, 5) is 0. The molecule has 2 N–H and O–H groups in total. The summed E-state index contributed by atoms with van der Waals surface area (Å²) in [5, 5.41) is 17.4. The third-order valence-electron chi connectivity index (χ3n) is 1.30. The predicted octanol–water partition coefficient (Wildman–Crippen LogP) is 0.440. The second-order valence-electron chi connectivity index (χ2n) is 2.29. The highest BCUT2D eigenvalue weighted by Crippen LogP contribution is 2.18. The highest BCUT2D eigenvalue weighted by molar-refractivity contribution is 7.81. The minimum absolute atomic E-state index is 0.0551. The van der Waals surface area contributed by atoms with Crippen molar-refractivity contribution in [3.8, 4) is 0 Å². The van der Waals surface area contributed by atoms with Gasteiger partial charge in [-0.3, -0.25) is 0 Å². The van der Waals surface area contributed by atoms with Gasteiger partial charge in [-0.2, -0.15) is 12.6 Å². The molecule has 0 amide bonds. The molecule has 0 aromatic heterocycles. The van der Waals surface area contributed by atoms with Gasteiger partial charge in [-0.05, 0) is 6.42 Å². The van der Waals surface area contributed by atoms with Crippen LogP contribution in [0.15, 0.2) is 0 Å². The quantitative estimate of drug-likeness (QED) is 0.509. The van der Waals surface area contributed by atoms with Gasteiger partial charge in [0.15, 0.2) is 0 Å². The highest BCUT2D eigenvalue weighted by Gasteiger charge is 2.21. The molecule has 0 heterocycles. The summed E-state index contributed by atoms with van der Waals surface area (Å²) in [6.07, 6.45) is 1.69. The Kier molecular flexibility index (Phi) is 4.27. The number of hydrogen-bond acceptors (Lipinski definition) is 3. The average molecular weight is 150 g/mol. The van der Waals surface area contributed by atoms with E-state index in [0.29, 0.717) is 0 Å². The standard InChI is InChI=1S/C6H14O2S/c1-2-3-6(9,4-7)5-8/h7-9H,2-5H2,1H3. The fraction of sp³-hybridized carbons (Fsp3) is 1.00. The van der Waals surface area contributed by atoms with Crippen LogP contribution in [-0.2, 0) is 0 Å². The van der Waals surface area contributed by atoms with E-state index in [9.17, 15) is 0 Å². The number of aliphatic hydroxyl groups is 2. The zero-order valence-electron chi connectivity index (χ0n) is 5.67. The van der Waals surface area contributed by atoms with E-state index in [4.69, 9.17) is 10.2 Å². The molecule has 0 saturated heterocycles. The average Bonchev–Trinajstić information content (AvgIpc) is 1.89. The van der Waals surface area contributed by atoms with E-state index < -0.39 is 4.75 Å². The maximum Gasteiger partial charge on any atom is 0.0598 e. The Balaban J connectivity index is 3.62. The molecule has 0 radical (unpaired) electrons. The van der Waals surface area contributed by atoms with Gasteiger partial charge >= 0.3 is 0 Å². The lowest BCUT2D eigenvalue weighted by atomic mass is 10.1. The Morgan fingerprint density at radius 1 is 1.33 bits per heavy atom. The van der Waals surface area contributed by atoms with Crippen molar-refractivity contribution in [3.05, 3.63) is 0 Å². The Bertz CT molecular complexity index is 71.5. The molecule has 0 fully saturated rings. The summed E-state index contributed by atoms with van der Waals surface area (Å²) in [6.45, 7) is 1.89. The fourth-order valence-corrected chi connectivity index (χ4v) is 0.897. The molecule has 0 spiro atoms. The summed E-state index contributed by atoms with van der Waals surface area (Å²) in [5.74, 6) is 0. The van der Waals surface area contributed by atoms with Crippen molar-refractivity contribution >= 4 is 12.6 Å². The monoisotopic (exact) mass is 150 g/mol. The van der Waals surface area contributed by atoms with Crippen molar-refractivity contribution in [1.82, 2.24) is 0 Å². The molecule has 0 saturated carbocycles. The van der Waals surface area contributed by atoms with Crippen LogP contribution >= 0.6 is 12.6 Å². The van der Waals surface area contributed by atoms with Gasteiger partial charge in [0.05, 0.1) is 18.0 Å². The molecule has 56 valence electrons. The SMILES string of the molecule is CCCC(S)(CO)CO. The van der Waals surface area contributed by atoms with Gasteiger partial charge in [0.2, 0.25) is 0 Å². The summed E-state index contributed by atoms with van der Waals surface area (Å²) in [6, 6.07) is 0. The van der Waals surface area contributed by atoms with Crippen LogP contribution < -0.4 is 0 Å². The molecule has 0 aliphatic carbocycles. The zero-order chi connectivity index (χ0) is 7.33. The summed E-state index contributed by atoms with van der Waals surface area (Å²) >= 11 is 4.10. The third kappa shape index (κ3) is 3.08. The van der Waals surface area contributed by atoms with Crippen LogP contribution in [0, 0.1) is 0 Å². The largest absolute Gasteiger partial charge is 0.395 e. The van der Waals surface area contributed by atoms with Crippen molar-refractivity contribution in [3.63, 3.8) is 0 Å². The van der Waals surface area contributed by atoms with Crippen molar-refractivity contribution in [1.29, 1.82) is 0 Å². The van der Waals surface area contributed by atoms with Crippen LogP contribution in [-0.4, -0.2) is 28.2 Å². The van der Waals surface area contributed by atoms with Gasteiger partial charge in [0, 0.05) is 0 Å². The normalized spacial score (nSPS) is 12.0. The summed E-state index contributed by atoms with van der Waals surface area (Å²) in [5.41, 5.74) is 0. The molecule has 9 heavy (non-hydrogen) atoms. The van der Waals surface area contributed by atoms with Gasteiger partial charge in [-0.25, -0.2) is 0 Å². The molecule has 0 aliphatic heterocycles.